The molecule has 6 heteroatoms. The van der Waals surface area contributed by atoms with Gasteiger partial charge in [-0.1, -0.05) is 0 Å². The second kappa shape index (κ2) is 7.07. The first-order chi connectivity index (χ1) is 11.8. The molecule has 0 N–H and O–H groups in total. The van der Waals surface area contributed by atoms with Gasteiger partial charge in [0.2, 0.25) is 0 Å². The van der Waals surface area contributed by atoms with Crippen LogP contribution in [0.1, 0.15) is 31.2 Å². The summed E-state index contributed by atoms with van der Waals surface area (Å²) in [4.78, 5) is 20.9. The van der Waals surface area contributed by atoms with E-state index in [1.807, 2.05) is 21.9 Å². The van der Waals surface area contributed by atoms with E-state index in [-0.39, 0.29) is 24.3 Å². The highest BCUT2D eigenvalue weighted by molar-refractivity contribution is 5.75. The van der Waals surface area contributed by atoms with Gasteiger partial charge in [-0.05, 0) is 43.4 Å². The van der Waals surface area contributed by atoms with Crippen LogP contribution in [0.4, 0.5) is 4.79 Å². The van der Waals surface area contributed by atoms with Crippen LogP contribution in [0.15, 0.2) is 24.5 Å². The first kappa shape index (κ1) is 15.8. The molecular formula is C18H25N3O3. The number of rotatable bonds is 3. The Morgan fingerprint density at radius 2 is 2.00 bits per heavy atom. The van der Waals surface area contributed by atoms with Gasteiger partial charge in [0.05, 0.1) is 25.4 Å². The summed E-state index contributed by atoms with van der Waals surface area (Å²) in [6.45, 7) is 3.58. The number of fused-ring (bicyclic) bond motifs is 2. The number of hydrogen-bond donors (Lipinski definition) is 0. The van der Waals surface area contributed by atoms with Crippen LogP contribution < -0.4 is 0 Å². The van der Waals surface area contributed by atoms with E-state index in [0.717, 1.165) is 44.3 Å². The summed E-state index contributed by atoms with van der Waals surface area (Å²) in [6, 6.07) is 4.23. The number of pyridine rings is 1. The quantitative estimate of drug-likeness (QED) is 0.851. The smallest absolute Gasteiger partial charge is 0.320 e. The van der Waals surface area contributed by atoms with Gasteiger partial charge in [-0.2, -0.15) is 0 Å². The molecule has 1 aromatic rings. The second-order valence-corrected chi connectivity index (χ2v) is 6.86. The van der Waals surface area contributed by atoms with E-state index in [4.69, 9.17) is 9.47 Å². The average molecular weight is 331 g/mol. The lowest BCUT2D eigenvalue weighted by atomic mass is 10.1. The van der Waals surface area contributed by atoms with E-state index < -0.39 is 0 Å². The average Bonchev–Trinajstić information content (AvgIpc) is 3.22. The van der Waals surface area contributed by atoms with Gasteiger partial charge in [-0.25, -0.2) is 4.79 Å². The van der Waals surface area contributed by atoms with Crippen LogP contribution in [0.2, 0.25) is 0 Å². The Hall–Kier alpha value is -1.66. The van der Waals surface area contributed by atoms with Gasteiger partial charge >= 0.3 is 6.03 Å². The number of hydrogen-bond acceptors (Lipinski definition) is 4. The second-order valence-electron chi connectivity index (χ2n) is 6.86. The summed E-state index contributed by atoms with van der Waals surface area (Å²) in [6.07, 6.45) is 7.79. The lowest BCUT2D eigenvalue weighted by molar-refractivity contribution is -0.0596. The third-order valence-electron chi connectivity index (χ3n) is 5.37. The standard InChI is InChI=1S/C18H25N3O3/c22-18(20-9-1-2-10-20)21-11-12-23-16-4-3-15(21)17(16)24-13-14-5-7-19-8-6-14/h5-8,15-17H,1-4,9-13H2/t15-,16-,17+/m0/s1. The van der Waals surface area contributed by atoms with Crippen LogP contribution in [0.25, 0.3) is 0 Å². The Bertz CT molecular complexity index is 562. The molecule has 24 heavy (non-hydrogen) atoms. The fourth-order valence-electron chi connectivity index (χ4n) is 4.11. The van der Waals surface area contributed by atoms with Gasteiger partial charge in [-0.15, -0.1) is 0 Å². The minimum atomic E-state index is -0.0350. The highest BCUT2D eigenvalue weighted by atomic mass is 16.5. The molecule has 0 aromatic carbocycles. The Balaban J connectivity index is 1.46. The molecule has 1 saturated carbocycles. The maximum atomic E-state index is 12.9. The van der Waals surface area contributed by atoms with Crippen molar-refractivity contribution >= 4 is 6.03 Å². The van der Waals surface area contributed by atoms with Crippen LogP contribution in [0, 0.1) is 0 Å². The van der Waals surface area contributed by atoms with Crippen molar-refractivity contribution in [3.63, 3.8) is 0 Å². The third-order valence-corrected chi connectivity index (χ3v) is 5.37. The van der Waals surface area contributed by atoms with Gasteiger partial charge in [0, 0.05) is 32.0 Å². The lowest BCUT2D eigenvalue weighted by Gasteiger charge is -2.34. The molecule has 0 unspecified atom stereocenters. The topological polar surface area (TPSA) is 54.9 Å². The van der Waals surface area contributed by atoms with E-state index in [0.29, 0.717) is 19.8 Å². The number of carbonyl (C=O) groups excluding carboxylic acids is 1. The normalized spacial score (nSPS) is 29.8. The number of urea groups is 1. The maximum absolute atomic E-state index is 12.9. The summed E-state index contributed by atoms with van der Waals surface area (Å²) in [5.74, 6) is 0. The molecule has 2 bridgehead atoms. The van der Waals surface area contributed by atoms with Gasteiger partial charge in [0.15, 0.2) is 0 Å². The number of nitrogens with zero attached hydrogens (tertiary/aromatic N) is 3. The van der Waals surface area contributed by atoms with E-state index in [2.05, 4.69) is 4.98 Å². The highest BCUT2D eigenvalue weighted by Crippen LogP contribution is 2.33. The molecular weight excluding hydrogens is 306 g/mol. The fraction of sp³-hybridized carbons (Fsp3) is 0.667. The molecule has 3 atom stereocenters. The van der Waals surface area contributed by atoms with Gasteiger partial charge in [0.25, 0.3) is 0 Å². The molecule has 6 nitrogen and oxygen atoms in total. The monoisotopic (exact) mass is 331 g/mol. The van der Waals surface area contributed by atoms with Crippen LogP contribution in [-0.4, -0.2) is 65.3 Å². The van der Waals surface area contributed by atoms with Gasteiger partial charge in [0.1, 0.15) is 6.10 Å². The highest BCUT2D eigenvalue weighted by Gasteiger charge is 2.45. The van der Waals surface area contributed by atoms with Gasteiger partial charge in [-0.3, -0.25) is 4.98 Å². The largest absolute Gasteiger partial charge is 0.374 e. The fourth-order valence-corrected chi connectivity index (χ4v) is 4.11. The van der Waals surface area contributed by atoms with Crippen LogP contribution in [0.3, 0.4) is 0 Å². The molecule has 3 aliphatic rings. The summed E-state index contributed by atoms with van der Waals surface area (Å²) in [7, 11) is 0. The summed E-state index contributed by atoms with van der Waals surface area (Å²) in [5, 5.41) is 0. The van der Waals surface area contributed by atoms with Crippen molar-refractivity contribution in [3.05, 3.63) is 30.1 Å². The summed E-state index contributed by atoms with van der Waals surface area (Å²) < 4.78 is 12.2. The molecule has 2 saturated heterocycles. The summed E-state index contributed by atoms with van der Waals surface area (Å²) in [5.41, 5.74) is 1.10. The molecule has 0 radical (unpaired) electrons. The molecule has 2 amide bonds. The number of carbonyl (C=O) groups is 1. The molecule has 1 aliphatic carbocycles. The van der Waals surface area contributed by atoms with Crippen LogP contribution in [0.5, 0.6) is 0 Å². The van der Waals surface area contributed by atoms with Gasteiger partial charge < -0.3 is 19.3 Å². The van der Waals surface area contributed by atoms with Crippen molar-refractivity contribution < 1.29 is 14.3 Å². The van der Waals surface area contributed by atoms with E-state index in [1.165, 1.54) is 0 Å². The van der Waals surface area contributed by atoms with Crippen molar-refractivity contribution in [1.29, 1.82) is 0 Å². The van der Waals surface area contributed by atoms with Crippen LogP contribution in [-0.2, 0) is 16.1 Å². The SMILES string of the molecule is O=C(N1CCCC1)N1CCO[C@H]2CC[C@H]1[C@H]2OCc1ccncc1. The Morgan fingerprint density at radius 1 is 1.21 bits per heavy atom. The zero-order chi connectivity index (χ0) is 16.4. The molecule has 3 heterocycles. The minimum Gasteiger partial charge on any atom is -0.374 e. The lowest BCUT2D eigenvalue weighted by Crippen LogP contribution is -2.51. The maximum Gasteiger partial charge on any atom is 0.320 e. The first-order valence-corrected chi connectivity index (χ1v) is 9.00. The number of likely N-dealkylation sites (tertiary alicyclic amines) is 1. The molecule has 3 fully saturated rings. The molecule has 130 valence electrons. The number of aromatic nitrogens is 1. The Kier molecular flexibility index (Phi) is 4.67. The number of ether oxygens (including phenoxy) is 2. The minimum absolute atomic E-state index is 0.0350. The predicted octanol–water partition coefficient (Wildman–Crippen LogP) is 2.05. The van der Waals surface area contributed by atoms with E-state index in [9.17, 15) is 4.79 Å². The molecule has 2 aliphatic heterocycles. The molecule has 0 spiro atoms. The molecule has 1 aromatic heterocycles. The van der Waals surface area contributed by atoms with Crippen LogP contribution >= 0.6 is 0 Å². The van der Waals surface area contributed by atoms with E-state index in [1.54, 1.807) is 12.4 Å². The van der Waals surface area contributed by atoms with Crippen molar-refractivity contribution in [2.75, 3.05) is 26.2 Å². The van der Waals surface area contributed by atoms with Crippen molar-refractivity contribution in [2.45, 2.75) is 50.5 Å². The predicted molar refractivity (Wildman–Crippen MR) is 88.5 cm³/mol. The Labute approximate surface area is 142 Å². The first-order valence-electron chi connectivity index (χ1n) is 9.00. The van der Waals surface area contributed by atoms with Crippen molar-refractivity contribution in [1.82, 2.24) is 14.8 Å². The Morgan fingerprint density at radius 3 is 2.79 bits per heavy atom. The molecule has 4 rings (SSSR count). The van der Waals surface area contributed by atoms with Crippen molar-refractivity contribution in [2.24, 2.45) is 0 Å². The summed E-state index contributed by atoms with van der Waals surface area (Å²) >= 11 is 0. The third kappa shape index (κ3) is 3.13. The number of amides is 2. The van der Waals surface area contributed by atoms with E-state index >= 15 is 0 Å². The zero-order valence-corrected chi connectivity index (χ0v) is 14.0. The zero-order valence-electron chi connectivity index (χ0n) is 14.0. The van der Waals surface area contributed by atoms with Crippen molar-refractivity contribution in [3.8, 4) is 0 Å².